The molecule has 0 saturated heterocycles. The van der Waals surface area contributed by atoms with Crippen molar-refractivity contribution in [2.24, 2.45) is 0 Å². The standard InChI is InChI=1S/C13H9N3O/c1-9-7-15-12(8-17)16-13(9)11-4-2-10(6-14)3-5-11/h2-5,7-8H,1H3. The third-order valence-corrected chi connectivity index (χ3v) is 2.38. The van der Waals surface area contributed by atoms with Crippen LogP contribution >= 0.6 is 0 Å². The topological polar surface area (TPSA) is 66.6 Å². The molecule has 0 aliphatic carbocycles. The lowest BCUT2D eigenvalue weighted by Crippen LogP contribution is -1.97. The third-order valence-electron chi connectivity index (χ3n) is 2.38. The van der Waals surface area contributed by atoms with Crippen LogP contribution in [0.4, 0.5) is 0 Å². The Hall–Kier alpha value is -2.54. The lowest BCUT2D eigenvalue weighted by atomic mass is 10.1. The van der Waals surface area contributed by atoms with Crippen LogP contribution in [0.15, 0.2) is 30.5 Å². The summed E-state index contributed by atoms with van der Waals surface area (Å²) in [6.07, 6.45) is 2.23. The van der Waals surface area contributed by atoms with Crippen LogP contribution < -0.4 is 0 Å². The number of hydrogen-bond donors (Lipinski definition) is 0. The van der Waals surface area contributed by atoms with Crippen LogP contribution in [-0.2, 0) is 0 Å². The second-order valence-corrected chi connectivity index (χ2v) is 3.57. The Morgan fingerprint density at radius 3 is 2.59 bits per heavy atom. The first-order chi connectivity index (χ1) is 8.24. The minimum atomic E-state index is 0.162. The number of aromatic nitrogens is 2. The lowest BCUT2D eigenvalue weighted by Gasteiger charge is -2.04. The van der Waals surface area contributed by atoms with E-state index < -0.39 is 0 Å². The highest BCUT2D eigenvalue weighted by Gasteiger charge is 2.06. The predicted octanol–water partition coefficient (Wildman–Crippen LogP) is 2.14. The van der Waals surface area contributed by atoms with E-state index in [-0.39, 0.29) is 5.82 Å². The number of nitriles is 1. The Kier molecular flexibility index (Phi) is 2.93. The smallest absolute Gasteiger partial charge is 0.193 e. The number of carbonyl (C=O) groups excluding carboxylic acids is 1. The fraction of sp³-hybridized carbons (Fsp3) is 0.0769. The van der Waals surface area contributed by atoms with Gasteiger partial charge in [0.1, 0.15) is 0 Å². The summed E-state index contributed by atoms with van der Waals surface area (Å²) in [6, 6.07) is 9.11. The summed E-state index contributed by atoms with van der Waals surface area (Å²) in [5.74, 6) is 0.162. The number of hydrogen-bond acceptors (Lipinski definition) is 4. The van der Waals surface area contributed by atoms with E-state index in [1.807, 2.05) is 19.1 Å². The first kappa shape index (κ1) is 11.0. The molecule has 0 aliphatic rings. The summed E-state index contributed by atoms with van der Waals surface area (Å²) in [7, 11) is 0. The van der Waals surface area contributed by atoms with Crippen LogP contribution in [0.5, 0.6) is 0 Å². The molecule has 4 nitrogen and oxygen atoms in total. The molecule has 0 amide bonds. The Labute approximate surface area is 98.6 Å². The summed E-state index contributed by atoms with van der Waals surface area (Å²) in [6.45, 7) is 1.88. The van der Waals surface area contributed by atoms with Gasteiger partial charge in [0.05, 0.1) is 17.3 Å². The number of nitrogens with zero attached hydrogens (tertiary/aromatic N) is 3. The molecule has 0 bridgehead atoms. The van der Waals surface area contributed by atoms with Crippen molar-refractivity contribution in [1.29, 1.82) is 5.26 Å². The molecule has 0 unspecified atom stereocenters. The zero-order chi connectivity index (χ0) is 12.3. The maximum Gasteiger partial charge on any atom is 0.193 e. The van der Waals surface area contributed by atoms with Crippen LogP contribution in [0, 0.1) is 18.3 Å². The van der Waals surface area contributed by atoms with Gasteiger partial charge in [-0.1, -0.05) is 12.1 Å². The van der Waals surface area contributed by atoms with Gasteiger partial charge in [0.2, 0.25) is 0 Å². The molecule has 0 atom stereocenters. The summed E-state index contributed by atoms with van der Waals surface area (Å²) in [5, 5.41) is 8.71. The zero-order valence-corrected chi connectivity index (χ0v) is 9.21. The molecular formula is C13H9N3O. The first-order valence-corrected chi connectivity index (χ1v) is 5.04. The normalized spacial score (nSPS) is 9.65. The van der Waals surface area contributed by atoms with E-state index in [0.29, 0.717) is 17.5 Å². The fourth-order valence-corrected chi connectivity index (χ4v) is 1.51. The number of rotatable bonds is 2. The molecule has 0 radical (unpaired) electrons. The van der Waals surface area contributed by atoms with Crippen LogP contribution in [-0.4, -0.2) is 16.3 Å². The fourth-order valence-electron chi connectivity index (χ4n) is 1.51. The van der Waals surface area contributed by atoms with Crippen LogP contribution in [0.25, 0.3) is 11.3 Å². The highest BCUT2D eigenvalue weighted by atomic mass is 16.1. The van der Waals surface area contributed by atoms with Gasteiger partial charge < -0.3 is 0 Å². The molecule has 1 aromatic heterocycles. The summed E-state index contributed by atoms with van der Waals surface area (Å²) >= 11 is 0. The molecule has 4 heteroatoms. The number of aldehydes is 1. The number of aryl methyl sites for hydroxylation is 1. The molecule has 0 N–H and O–H groups in total. The largest absolute Gasteiger partial charge is 0.294 e. The van der Waals surface area contributed by atoms with Crippen molar-refractivity contribution in [2.75, 3.05) is 0 Å². The Morgan fingerprint density at radius 2 is 2.00 bits per heavy atom. The molecule has 0 spiro atoms. The average Bonchev–Trinajstić information content (AvgIpc) is 2.39. The van der Waals surface area contributed by atoms with E-state index in [4.69, 9.17) is 5.26 Å². The van der Waals surface area contributed by atoms with Gasteiger partial charge in [0, 0.05) is 11.8 Å². The summed E-state index contributed by atoms with van der Waals surface area (Å²) < 4.78 is 0. The van der Waals surface area contributed by atoms with E-state index in [1.165, 1.54) is 0 Å². The predicted molar refractivity (Wildman–Crippen MR) is 62.3 cm³/mol. The van der Waals surface area contributed by atoms with Gasteiger partial charge in [-0.05, 0) is 24.6 Å². The summed E-state index contributed by atoms with van der Waals surface area (Å²) in [5.41, 5.74) is 3.06. The molecule has 1 aromatic carbocycles. The van der Waals surface area contributed by atoms with Crippen molar-refractivity contribution < 1.29 is 4.79 Å². The molecule has 0 aliphatic heterocycles. The highest BCUT2D eigenvalue weighted by molar-refractivity contribution is 5.72. The Bertz CT molecular complexity index is 597. The Balaban J connectivity index is 2.51. The number of benzene rings is 1. The van der Waals surface area contributed by atoms with Gasteiger partial charge in [0.25, 0.3) is 0 Å². The van der Waals surface area contributed by atoms with Gasteiger partial charge >= 0.3 is 0 Å². The second-order valence-electron chi connectivity index (χ2n) is 3.57. The van der Waals surface area contributed by atoms with E-state index in [1.54, 1.807) is 18.3 Å². The van der Waals surface area contributed by atoms with E-state index in [9.17, 15) is 4.79 Å². The molecule has 17 heavy (non-hydrogen) atoms. The van der Waals surface area contributed by atoms with Gasteiger partial charge in [-0.3, -0.25) is 4.79 Å². The Morgan fingerprint density at radius 1 is 1.29 bits per heavy atom. The zero-order valence-electron chi connectivity index (χ0n) is 9.21. The van der Waals surface area contributed by atoms with Gasteiger partial charge in [-0.2, -0.15) is 5.26 Å². The van der Waals surface area contributed by atoms with E-state index >= 15 is 0 Å². The van der Waals surface area contributed by atoms with Gasteiger partial charge in [-0.15, -0.1) is 0 Å². The minimum absolute atomic E-state index is 0.162. The van der Waals surface area contributed by atoms with Crippen molar-refractivity contribution in [1.82, 2.24) is 9.97 Å². The molecular weight excluding hydrogens is 214 g/mol. The van der Waals surface area contributed by atoms with Crippen LogP contribution in [0.2, 0.25) is 0 Å². The van der Waals surface area contributed by atoms with Crippen LogP contribution in [0.1, 0.15) is 21.7 Å². The van der Waals surface area contributed by atoms with Crippen molar-refractivity contribution >= 4 is 6.29 Å². The van der Waals surface area contributed by atoms with E-state index in [0.717, 1.165) is 11.1 Å². The van der Waals surface area contributed by atoms with Gasteiger partial charge in [-0.25, -0.2) is 9.97 Å². The SMILES string of the molecule is Cc1cnc(C=O)nc1-c1ccc(C#N)cc1. The first-order valence-electron chi connectivity index (χ1n) is 5.04. The number of carbonyl (C=O) groups is 1. The average molecular weight is 223 g/mol. The second kappa shape index (κ2) is 4.54. The van der Waals surface area contributed by atoms with Gasteiger partial charge in [0.15, 0.2) is 12.1 Å². The molecule has 2 aromatic rings. The maximum atomic E-state index is 10.6. The lowest BCUT2D eigenvalue weighted by molar-refractivity contribution is 0.111. The molecule has 82 valence electrons. The van der Waals surface area contributed by atoms with Crippen molar-refractivity contribution in [3.63, 3.8) is 0 Å². The van der Waals surface area contributed by atoms with Crippen molar-refractivity contribution in [3.8, 4) is 17.3 Å². The molecule has 0 fully saturated rings. The molecule has 1 heterocycles. The third kappa shape index (κ3) is 2.18. The highest BCUT2D eigenvalue weighted by Crippen LogP contribution is 2.20. The minimum Gasteiger partial charge on any atom is -0.294 e. The van der Waals surface area contributed by atoms with Crippen molar-refractivity contribution in [3.05, 3.63) is 47.4 Å². The molecule has 0 saturated carbocycles. The van der Waals surface area contributed by atoms with Crippen LogP contribution in [0.3, 0.4) is 0 Å². The maximum absolute atomic E-state index is 10.6. The monoisotopic (exact) mass is 223 g/mol. The quantitative estimate of drug-likeness (QED) is 0.731. The molecule has 2 rings (SSSR count). The summed E-state index contributed by atoms with van der Waals surface area (Å²) in [4.78, 5) is 18.7. The van der Waals surface area contributed by atoms with Crippen molar-refractivity contribution in [2.45, 2.75) is 6.92 Å². The van der Waals surface area contributed by atoms with E-state index in [2.05, 4.69) is 16.0 Å².